The first-order valence-electron chi connectivity index (χ1n) is 8.26. The molecule has 0 aromatic heterocycles. The molecule has 1 atom stereocenters. The summed E-state index contributed by atoms with van der Waals surface area (Å²) in [4.78, 5) is 21.5. The van der Waals surface area contributed by atoms with Crippen LogP contribution in [0.1, 0.15) is 18.1 Å². The van der Waals surface area contributed by atoms with Crippen LogP contribution in [0.2, 0.25) is 0 Å². The number of amides is 1. The number of benzene rings is 2. The fourth-order valence-electron chi connectivity index (χ4n) is 2.57. The van der Waals surface area contributed by atoms with Gasteiger partial charge in [-0.3, -0.25) is 14.9 Å². The van der Waals surface area contributed by atoms with E-state index in [1.54, 1.807) is 31.2 Å². The molecule has 0 fully saturated rings. The van der Waals surface area contributed by atoms with Crippen molar-refractivity contribution in [2.45, 2.75) is 26.1 Å². The topological polar surface area (TPSA) is 126 Å². The van der Waals surface area contributed by atoms with Crippen LogP contribution in [-0.2, 0) is 17.9 Å². The molecule has 3 rings (SSSR count). The zero-order valence-electron chi connectivity index (χ0n) is 14.6. The van der Waals surface area contributed by atoms with E-state index in [0.717, 1.165) is 5.56 Å². The molecule has 0 saturated heterocycles. The number of fused-ring (bicyclic) bond motifs is 1. The van der Waals surface area contributed by atoms with Crippen LogP contribution in [0.15, 0.2) is 36.4 Å². The number of nitrogens with zero attached hydrogens (tertiary/aromatic N) is 1. The second-order valence-electron chi connectivity index (χ2n) is 6.01. The summed E-state index contributed by atoms with van der Waals surface area (Å²) in [5.41, 5.74) is 6.72. The van der Waals surface area contributed by atoms with E-state index in [-0.39, 0.29) is 19.1 Å². The summed E-state index contributed by atoms with van der Waals surface area (Å²) < 4.78 is 16.8. The van der Waals surface area contributed by atoms with E-state index in [4.69, 9.17) is 19.9 Å². The number of nitro groups is 1. The van der Waals surface area contributed by atoms with Gasteiger partial charge in [0.25, 0.3) is 5.69 Å². The maximum absolute atomic E-state index is 11.1. The van der Waals surface area contributed by atoms with Crippen molar-refractivity contribution >= 4 is 11.6 Å². The van der Waals surface area contributed by atoms with Crippen LogP contribution in [0, 0.1) is 10.1 Å². The molecule has 0 aliphatic carbocycles. The van der Waals surface area contributed by atoms with Crippen molar-refractivity contribution in [2.75, 3.05) is 6.79 Å². The van der Waals surface area contributed by atoms with Gasteiger partial charge >= 0.3 is 0 Å². The lowest BCUT2D eigenvalue weighted by Crippen LogP contribution is -2.38. The first-order chi connectivity index (χ1) is 13.0. The summed E-state index contributed by atoms with van der Waals surface area (Å²) in [6.07, 6.45) is 0. The van der Waals surface area contributed by atoms with Gasteiger partial charge in [0.1, 0.15) is 6.61 Å². The predicted molar refractivity (Wildman–Crippen MR) is 95.5 cm³/mol. The van der Waals surface area contributed by atoms with Gasteiger partial charge in [0.05, 0.1) is 11.0 Å². The molecule has 2 aromatic carbocycles. The molecule has 0 unspecified atom stereocenters. The van der Waals surface area contributed by atoms with Crippen molar-refractivity contribution in [1.82, 2.24) is 5.32 Å². The molecule has 0 radical (unpaired) electrons. The number of rotatable bonds is 8. The third-order valence-electron chi connectivity index (χ3n) is 4.11. The molecule has 3 N–H and O–H groups in total. The molecule has 0 bridgehead atoms. The quantitative estimate of drug-likeness (QED) is 0.534. The highest BCUT2D eigenvalue weighted by Crippen LogP contribution is 2.43. The SMILES string of the molecule is C[C@H](NCc1ccc(OCc2cccc([N+](=O)[O-])c2)c2c1OCO2)C(N)=O. The third-order valence-corrected chi connectivity index (χ3v) is 4.11. The van der Waals surface area contributed by atoms with E-state index in [1.165, 1.54) is 12.1 Å². The van der Waals surface area contributed by atoms with Crippen LogP contribution >= 0.6 is 0 Å². The summed E-state index contributed by atoms with van der Waals surface area (Å²) in [5.74, 6) is 1.03. The average molecular weight is 373 g/mol. The molecule has 9 heteroatoms. The Bertz CT molecular complexity index is 870. The molecular weight excluding hydrogens is 354 g/mol. The highest BCUT2D eigenvalue weighted by atomic mass is 16.7. The molecular formula is C18H19N3O6. The van der Waals surface area contributed by atoms with Gasteiger partial charge in [0.15, 0.2) is 11.5 Å². The van der Waals surface area contributed by atoms with Crippen molar-refractivity contribution in [3.63, 3.8) is 0 Å². The lowest BCUT2D eigenvalue weighted by atomic mass is 10.1. The van der Waals surface area contributed by atoms with Crippen LogP contribution in [0.3, 0.4) is 0 Å². The first kappa shape index (κ1) is 18.5. The summed E-state index contributed by atoms with van der Waals surface area (Å²) >= 11 is 0. The Balaban J connectivity index is 1.72. The van der Waals surface area contributed by atoms with Gasteiger partial charge in [-0.15, -0.1) is 0 Å². The summed E-state index contributed by atoms with van der Waals surface area (Å²) in [5, 5.41) is 13.9. The number of nitrogens with one attached hydrogen (secondary N) is 1. The molecule has 1 aliphatic rings. The maximum atomic E-state index is 11.1. The molecule has 142 valence electrons. The first-order valence-corrected chi connectivity index (χ1v) is 8.26. The largest absolute Gasteiger partial charge is 0.485 e. The van der Waals surface area contributed by atoms with Gasteiger partial charge < -0.3 is 25.3 Å². The van der Waals surface area contributed by atoms with Gasteiger partial charge in [-0.2, -0.15) is 0 Å². The van der Waals surface area contributed by atoms with E-state index >= 15 is 0 Å². The normalized spacial score (nSPS) is 13.2. The van der Waals surface area contributed by atoms with Crippen molar-refractivity contribution in [3.05, 3.63) is 57.6 Å². The van der Waals surface area contributed by atoms with Crippen LogP contribution in [0.25, 0.3) is 0 Å². The highest BCUT2D eigenvalue weighted by molar-refractivity contribution is 5.79. The third kappa shape index (κ3) is 4.26. The van der Waals surface area contributed by atoms with Gasteiger partial charge in [0, 0.05) is 24.2 Å². The predicted octanol–water partition coefficient (Wildman–Crippen LogP) is 1.87. The minimum absolute atomic E-state index is 0.00547. The lowest BCUT2D eigenvalue weighted by molar-refractivity contribution is -0.384. The van der Waals surface area contributed by atoms with Crippen LogP contribution < -0.4 is 25.3 Å². The van der Waals surface area contributed by atoms with Gasteiger partial charge in [-0.25, -0.2) is 0 Å². The van der Waals surface area contributed by atoms with E-state index in [0.29, 0.717) is 29.4 Å². The number of non-ortho nitro benzene ring substituents is 1. The summed E-state index contributed by atoms with van der Waals surface area (Å²) in [6, 6.07) is 9.29. The van der Waals surface area contributed by atoms with Gasteiger partial charge in [-0.05, 0) is 18.6 Å². The number of nitrogens with two attached hydrogens (primary N) is 1. The number of carbonyl (C=O) groups excluding carboxylic acids is 1. The lowest BCUT2D eigenvalue weighted by Gasteiger charge is -2.14. The van der Waals surface area contributed by atoms with Crippen LogP contribution in [-0.4, -0.2) is 23.7 Å². The minimum Gasteiger partial charge on any atom is -0.485 e. The maximum Gasteiger partial charge on any atom is 0.269 e. The fourth-order valence-corrected chi connectivity index (χ4v) is 2.57. The number of hydrogen-bond acceptors (Lipinski definition) is 7. The van der Waals surface area contributed by atoms with E-state index in [2.05, 4.69) is 5.32 Å². The second-order valence-corrected chi connectivity index (χ2v) is 6.01. The van der Waals surface area contributed by atoms with Crippen LogP contribution in [0.5, 0.6) is 17.2 Å². The van der Waals surface area contributed by atoms with Crippen molar-refractivity contribution in [2.24, 2.45) is 5.73 Å². The molecule has 1 heterocycles. The molecule has 0 spiro atoms. The average Bonchev–Trinajstić information content (AvgIpc) is 3.15. The summed E-state index contributed by atoms with van der Waals surface area (Å²) in [7, 11) is 0. The zero-order chi connectivity index (χ0) is 19.4. The molecule has 9 nitrogen and oxygen atoms in total. The Kier molecular flexibility index (Phi) is 5.41. The molecule has 0 saturated carbocycles. The Hall–Kier alpha value is -3.33. The Morgan fingerprint density at radius 1 is 1.33 bits per heavy atom. The number of ether oxygens (including phenoxy) is 3. The van der Waals surface area contributed by atoms with Crippen molar-refractivity contribution in [3.8, 4) is 17.2 Å². The Morgan fingerprint density at radius 3 is 2.85 bits per heavy atom. The monoisotopic (exact) mass is 373 g/mol. The smallest absolute Gasteiger partial charge is 0.269 e. The zero-order valence-corrected chi connectivity index (χ0v) is 14.6. The van der Waals surface area contributed by atoms with Gasteiger partial charge in [-0.1, -0.05) is 18.2 Å². The summed E-state index contributed by atoms with van der Waals surface area (Å²) in [6.45, 7) is 2.26. The number of hydrogen-bond donors (Lipinski definition) is 2. The number of carbonyl (C=O) groups is 1. The van der Waals surface area contributed by atoms with E-state index < -0.39 is 16.9 Å². The Morgan fingerprint density at radius 2 is 2.11 bits per heavy atom. The Labute approximate surface area is 155 Å². The molecule has 1 aliphatic heterocycles. The number of nitro benzene ring substituents is 1. The standard InChI is InChI=1S/C18H19N3O6/c1-11(18(19)22)20-8-13-5-6-15(17-16(13)26-10-27-17)25-9-12-3-2-4-14(7-12)21(23)24/h2-7,11,20H,8-10H2,1H3,(H2,19,22)/t11-/m0/s1. The minimum atomic E-state index is -0.479. The number of primary amides is 1. The van der Waals surface area contributed by atoms with E-state index in [9.17, 15) is 14.9 Å². The van der Waals surface area contributed by atoms with E-state index in [1.807, 2.05) is 0 Å². The highest BCUT2D eigenvalue weighted by Gasteiger charge is 2.23. The van der Waals surface area contributed by atoms with Crippen molar-refractivity contribution in [1.29, 1.82) is 0 Å². The molecule has 27 heavy (non-hydrogen) atoms. The fraction of sp³-hybridized carbons (Fsp3) is 0.278. The van der Waals surface area contributed by atoms with Crippen molar-refractivity contribution < 1.29 is 23.9 Å². The van der Waals surface area contributed by atoms with Crippen LogP contribution in [0.4, 0.5) is 5.69 Å². The molecule has 2 aromatic rings. The van der Waals surface area contributed by atoms with Gasteiger partial charge in [0.2, 0.25) is 18.4 Å². The molecule has 1 amide bonds. The second kappa shape index (κ2) is 7.92.